The molecule has 1 aliphatic heterocycles. The van der Waals surface area contributed by atoms with E-state index < -0.39 is 18.6 Å². The summed E-state index contributed by atoms with van der Waals surface area (Å²) in [5.74, 6) is -0.188. The minimum absolute atomic E-state index is 0.119. The molecule has 1 saturated heterocycles. The Hall–Kier alpha value is -0.970. The SMILES string of the molecule is CC[C@H]1O[C@@H](OC)[C@H](OCc2ccccc2)[C@H](F)[C@@H]1C. The number of methoxy groups -OCH3 is 1. The molecule has 1 fully saturated rings. The molecule has 0 aliphatic carbocycles. The van der Waals surface area contributed by atoms with Crippen molar-refractivity contribution in [1.29, 1.82) is 0 Å². The molecule has 1 aliphatic rings. The fourth-order valence-corrected chi connectivity index (χ4v) is 2.62. The lowest BCUT2D eigenvalue weighted by Crippen LogP contribution is -2.53. The number of rotatable bonds is 5. The molecule has 2 rings (SSSR count). The van der Waals surface area contributed by atoms with E-state index in [1.807, 2.05) is 44.2 Å². The maximum atomic E-state index is 14.5. The standard InChI is InChI=1S/C16H23FO3/c1-4-13-11(2)14(17)15(16(18-3)20-13)19-10-12-8-6-5-7-9-12/h5-9,11,13-16H,4,10H2,1-3H3/t11-,13-,14-,15-,16-/m1/s1. The van der Waals surface area contributed by atoms with Crippen molar-refractivity contribution >= 4 is 0 Å². The van der Waals surface area contributed by atoms with Gasteiger partial charge < -0.3 is 14.2 Å². The summed E-state index contributed by atoms with van der Waals surface area (Å²) >= 11 is 0. The van der Waals surface area contributed by atoms with Crippen molar-refractivity contribution in [1.82, 2.24) is 0 Å². The van der Waals surface area contributed by atoms with E-state index in [1.165, 1.54) is 7.11 Å². The zero-order chi connectivity index (χ0) is 14.5. The topological polar surface area (TPSA) is 27.7 Å². The first-order valence-electron chi connectivity index (χ1n) is 7.15. The highest BCUT2D eigenvalue weighted by molar-refractivity contribution is 5.13. The Balaban J connectivity index is 2.01. The third kappa shape index (κ3) is 3.37. The first-order valence-corrected chi connectivity index (χ1v) is 7.15. The molecule has 5 atom stereocenters. The molecular formula is C16H23FO3. The van der Waals surface area contributed by atoms with E-state index in [-0.39, 0.29) is 12.0 Å². The molecule has 1 aromatic carbocycles. The Morgan fingerprint density at radius 2 is 1.95 bits per heavy atom. The first kappa shape index (κ1) is 15.4. The first-order chi connectivity index (χ1) is 9.67. The van der Waals surface area contributed by atoms with Crippen molar-refractivity contribution in [2.45, 2.75) is 51.5 Å². The van der Waals surface area contributed by atoms with Gasteiger partial charge in [-0.25, -0.2) is 4.39 Å². The van der Waals surface area contributed by atoms with Crippen molar-refractivity contribution in [2.24, 2.45) is 5.92 Å². The van der Waals surface area contributed by atoms with Crippen LogP contribution in [0.15, 0.2) is 30.3 Å². The van der Waals surface area contributed by atoms with Gasteiger partial charge in [0.1, 0.15) is 12.3 Å². The third-order valence-electron chi connectivity index (χ3n) is 3.90. The molecule has 4 heteroatoms. The van der Waals surface area contributed by atoms with E-state index in [9.17, 15) is 4.39 Å². The van der Waals surface area contributed by atoms with Crippen LogP contribution in [-0.4, -0.2) is 31.8 Å². The van der Waals surface area contributed by atoms with Crippen molar-refractivity contribution in [3.63, 3.8) is 0 Å². The fourth-order valence-electron chi connectivity index (χ4n) is 2.62. The van der Waals surface area contributed by atoms with Crippen LogP contribution in [0.25, 0.3) is 0 Å². The monoisotopic (exact) mass is 282 g/mol. The van der Waals surface area contributed by atoms with Crippen molar-refractivity contribution in [3.8, 4) is 0 Å². The van der Waals surface area contributed by atoms with Crippen molar-refractivity contribution in [2.75, 3.05) is 7.11 Å². The van der Waals surface area contributed by atoms with Crippen LogP contribution in [0.3, 0.4) is 0 Å². The predicted octanol–water partition coefficient (Wildman–Crippen LogP) is 3.33. The molecule has 0 aromatic heterocycles. The molecule has 0 spiro atoms. The lowest BCUT2D eigenvalue weighted by Gasteiger charge is -2.41. The van der Waals surface area contributed by atoms with Crippen LogP contribution in [0.4, 0.5) is 4.39 Å². The summed E-state index contributed by atoms with van der Waals surface area (Å²) in [5, 5.41) is 0. The Morgan fingerprint density at radius 3 is 2.55 bits per heavy atom. The van der Waals surface area contributed by atoms with E-state index >= 15 is 0 Å². The second-order valence-electron chi connectivity index (χ2n) is 5.25. The number of alkyl halides is 1. The van der Waals surface area contributed by atoms with Gasteiger partial charge in [-0.3, -0.25) is 0 Å². The summed E-state index contributed by atoms with van der Waals surface area (Å²) in [4.78, 5) is 0. The molecule has 0 radical (unpaired) electrons. The summed E-state index contributed by atoms with van der Waals surface area (Å²) in [6.45, 7) is 4.22. The minimum atomic E-state index is -1.08. The van der Waals surface area contributed by atoms with Crippen LogP contribution in [0.1, 0.15) is 25.8 Å². The fraction of sp³-hybridized carbons (Fsp3) is 0.625. The van der Waals surface area contributed by atoms with Gasteiger partial charge in [0.2, 0.25) is 0 Å². The van der Waals surface area contributed by atoms with Crippen molar-refractivity contribution in [3.05, 3.63) is 35.9 Å². The minimum Gasteiger partial charge on any atom is -0.365 e. The van der Waals surface area contributed by atoms with Crippen LogP contribution >= 0.6 is 0 Å². The van der Waals surface area contributed by atoms with Gasteiger partial charge in [0.05, 0.1) is 12.7 Å². The summed E-state index contributed by atoms with van der Waals surface area (Å²) in [6.07, 6.45) is -1.76. The Labute approximate surface area is 120 Å². The average molecular weight is 282 g/mol. The summed E-state index contributed by atoms with van der Waals surface area (Å²) < 4.78 is 31.3. The van der Waals surface area contributed by atoms with Gasteiger partial charge in [-0.05, 0) is 12.0 Å². The molecule has 1 heterocycles. The van der Waals surface area contributed by atoms with Crippen LogP contribution < -0.4 is 0 Å². The van der Waals surface area contributed by atoms with Crippen LogP contribution in [-0.2, 0) is 20.8 Å². The van der Waals surface area contributed by atoms with E-state index in [4.69, 9.17) is 14.2 Å². The molecule has 0 saturated carbocycles. The second kappa shape index (κ2) is 7.16. The quantitative estimate of drug-likeness (QED) is 0.829. The highest BCUT2D eigenvalue weighted by atomic mass is 19.1. The number of halogens is 1. The molecule has 0 unspecified atom stereocenters. The molecule has 112 valence electrons. The Morgan fingerprint density at radius 1 is 1.25 bits per heavy atom. The molecular weight excluding hydrogens is 259 g/mol. The highest BCUT2D eigenvalue weighted by Crippen LogP contribution is 2.32. The zero-order valence-corrected chi connectivity index (χ0v) is 12.3. The van der Waals surface area contributed by atoms with E-state index in [0.717, 1.165) is 12.0 Å². The molecule has 1 aromatic rings. The van der Waals surface area contributed by atoms with Crippen LogP contribution in [0.2, 0.25) is 0 Å². The lowest BCUT2D eigenvalue weighted by molar-refractivity contribution is -0.278. The van der Waals surface area contributed by atoms with Gasteiger partial charge in [0.15, 0.2) is 6.29 Å². The summed E-state index contributed by atoms with van der Waals surface area (Å²) in [6, 6.07) is 9.73. The zero-order valence-electron chi connectivity index (χ0n) is 12.3. The Kier molecular flexibility index (Phi) is 5.52. The van der Waals surface area contributed by atoms with E-state index in [0.29, 0.717) is 6.61 Å². The van der Waals surface area contributed by atoms with E-state index in [2.05, 4.69) is 0 Å². The van der Waals surface area contributed by atoms with Crippen LogP contribution in [0, 0.1) is 5.92 Å². The summed E-state index contributed by atoms with van der Waals surface area (Å²) in [7, 11) is 1.53. The number of hydrogen-bond acceptors (Lipinski definition) is 3. The maximum absolute atomic E-state index is 14.5. The van der Waals surface area contributed by atoms with Gasteiger partial charge in [-0.15, -0.1) is 0 Å². The largest absolute Gasteiger partial charge is 0.365 e. The van der Waals surface area contributed by atoms with Crippen molar-refractivity contribution < 1.29 is 18.6 Å². The Bertz CT molecular complexity index is 396. The van der Waals surface area contributed by atoms with E-state index in [1.54, 1.807) is 0 Å². The molecule has 0 amide bonds. The lowest BCUT2D eigenvalue weighted by atomic mass is 9.90. The molecule has 0 bridgehead atoms. The number of hydrogen-bond donors (Lipinski definition) is 0. The smallest absolute Gasteiger partial charge is 0.186 e. The highest BCUT2D eigenvalue weighted by Gasteiger charge is 2.44. The average Bonchev–Trinajstić information content (AvgIpc) is 2.49. The van der Waals surface area contributed by atoms with Gasteiger partial charge >= 0.3 is 0 Å². The molecule has 0 N–H and O–H groups in total. The maximum Gasteiger partial charge on any atom is 0.186 e. The van der Waals surface area contributed by atoms with Gasteiger partial charge in [0, 0.05) is 13.0 Å². The second-order valence-corrected chi connectivity index (χ2v) is 5.25. The molecule has 3 nitrogen and oxygen atoms in total. The van der Waals surface area contributed by atoms with Gasteiger partial charge in [-0.2, -0.15) is 0 Å². The number of benzene rings is 1. The normalized spacial score (nSPS) is 34.1. The predicted molar refractivity (Wildman–Crippen MR) is 75.0 cm³/mol. The third-order valence-corrected chi connectivity index (χ3v) is 3.90. The van der Waals surface area contributed by atoms with Gasteiger partial charge in [0.25, 0.3) is 0 Å². The summed E-state index contributed by atoms with van der Waals surface area (Å²) in [5.41, 5.74) is 1.01. The van der Waals surface area contributed by atoms with Crippen LogP contribution in [0.5, 0.6) is 0 Å². The van der Waals surface area contributed by atoms with Gasteiger partial charge in [-0.1, -0.05) is 44.2 Å². The molecule has 20 heavy (non-hydrogen) atoms. The number of ether oxygens (including phenoxy) is 3.